The summed E-state index contributed by atoms with van der Waals surface area (Å²) in [6.45, 7) is 6.88. The highest BCUT2D eigenvalue weighted by Gasteiger charge is 2.31. The lowest BCUT2D eigenvalue weighted by Gasteiger charge is -2.34. The number of benzene rings is 1. The van der Waals surface area contributed by atoms with Crippen LogP contribution in [0, 0.1) is 18.8 Å². The van der Waals surface area contributed by atoms with Crippen LogP contribution in [0.3, 0.4) is 0 Å². The van der Waals surface area contributed by atoms with E-state index in [1.807, 2.05) is 0 Å². The fourth-order valence-electron chi connectivity index (χ4n) is 3.63. The van der Waals surface area contributed by atoms with Crippen LogP contribution < -0.4 is 0 Å². The molecular weight excluding hydrogens is 196 g/mol. The lowest BCUT2D eigenvalue weighted by Crippen LogP contribution is -2.24. The summed E-state index contributed by atoms with van der Waals surface area (Å²) < 4.78 is 0. The molecule has 1 N–H and O–H groups in total. The van der Waals surface area contributed by atoms with Crippen LogP contribution in [0.15, 0.2) is 0 Å². The molecule has 1 aromatic carbocycles. The molecule has 16 heavy (non-hydrogen) atoms. The Kier molecular flexibility index (Phi) is 2.07. The Balaban J connectivity index is 2.29. The second kappa shape index (κ2) is 3.26. The average Bonchev–Trinajstić information content (AvgIpc) is 2.23. The number of hydrogen-bond donors (Lipinski definition) is 1. The quantitative estimate of drug-likeness (QED) is 0.706. The van der Waals surface area contributed by atoms with Crippen LogP contribution in [0.5, 0.6) is 5.75 Å². The molecule has 0 unspecified atom stereocenters. The molecule has 2 aliphatic rings. The van der Waals surface area contributed by atoms with E-state index in [2.05, 4.69) is 20.8 Å². The molecule has 0 saturated carbocycles. The van der Waals surface area contributed by atoms with Gasteiger partial charge in [-0.25, -0.2) is 0 Å². The molecule has 0 heterocycles. The highest BCUT2D eigenvalue weighted by molar-refractivity contribution is 5.58. The molecule has 1 heteroatoms. The van der Waals surface area contributed by atoms with Gasteiger partial charge in [-0.15, -0.1) is 0 Å². The molecule has 0 radical (unpaired) electrons. The van der Waals surface area contributed by atoms with Crippen LogP contribution in [0.4, 0.5) is 0 Å². The summed E-state index contributed by atoms with van der Waals surface area (Å²) in [5.41, 5.74) is 6.93. The van der Waals surface area contributed by atoms with Crippen molar-refractivity contribution in [3.63, 3.8) is 0 Å². The molecule has 86 valence electrons. The number of rotatable bonds is 0. The number of hydrogen-bond acceptors (Lipinski definition) is 1. The largest absolute Gasteiger partial charge is 0.507 e. The smallest absolute Gasteiger partial charge is 0.122 e. The number of fused-ring (bicyclic) bond motifs is 6. The maximum absolute atomic E-state index is 10.3. The zero-order valence-electron chi connectivity index (χ0n) is 10.4. The Morgan fingerprint density at radius 3 is 1.62 bits per heavy atom. The summed E-state index contributed by atoms with van der Waals surface area (Å²) in [4.78, 5) is 0. The first kappa shape index (κ1) is 10.2. The third kappa shape index (κ3) is 1.24. The Morgan fingerprint density at radius 2 is 1.19 bits per heavy atom. The minimum atomic E-state index is 0.639. The highest BCUT2D eigenvalue weighted by Crippen LogP contribution is 2.44. The Labute approximate surface area is 97.5 Å². The van der Waals surface area contributed by atoms with Crippen molar-refractivity contribution in [2.75, 3.05) is 0 Å². The molecule has 0 fully saturated rings. The zero-order valence-corrected chi connectivity index (χ0v) is 10.4. The fourth-order valence-corrected chi connectivity index (χ4v) is 3.63. The SMILES string of the molecule is Cc1c2c3c(O)c(c1CC(C)C2)CC(C)C3. The lowest BCUT2D eigenvalue weighted by molar-refractivity contribution is 0.412. The van der Waals surface area contributed by atoms with E-state index in [0.29, 0.717) is 11.7 Å². The highest BCUT2D eigenvalue weighted by atomic mass is 16.3. The predicted molar refractivity (Wildman–Crippen MR) is 66.0 cm³/mol. The van der Waals surface area contributed by atoms with Crippen molar-refractivity contribution in [1.29, 1.82) is 0 Å². The van der Waals surface area contributed by atoms with Gasteiger partial charge in [0.2, 0.25) is 0 Å². The number of phenolic OH excluding ortho intramolecular Hbond substituents is 1. The van der Waals surface area contributed by atoms with Crippen molar-refractivity contribution in [1.82, 2.24) is 0 Å². The molecule has 0 amide bonds. The van der Waals surface area contributed by atoms with Gasteiger partial charge >= 0.3 is 0 Å². The van der Waals surface area contributed by atoms with E-state index in [9.17, 15) is 5.11 Å². The molecule has 0 spiro atoms. The van der Waals surface area contributed by atoms with E-state index in [-0.39, 0.29) is 0 Å². The van der Waals surface area contributed by atoms with E-state index >= 15 is 0 Å². The molecule has 4 bridgehead atoms. The van der Waals surface area contributed by atoms with Crippen molar-refractivity contribution in [2.24, 2.45) is 11.8 Å². The molecule has 1 aromatic rings. The topological polar surface area (TPSA) is 20.2 Å². The normalized spacial score (nSPS) is 20.2. The van der Waals surface area contributed by atoms with Crippen LogP contribution >= 0.6 is 0 Å². The van der Waals surface area contributed by atoms with Crippen LogP contribution in [-0.4, -0.2) is 5.11 Å². The van der Waals surface area contributed by atoms with Crippen molar-refractivity contribution in [2.45, 2.75) is 46.5 Å². The standard InChI is InChI=1S/C15H20O/c1-8-4-11-10(3)12(5-8)14-7-9(2)6-13(11)15(14)16/h8-9,16H,4-7H2,1-3H3. The Bertz CT molecular complexity index is 379. The van der Waals surface area contributed by atoms with Crippen molar-refractivity contribution in [3.8, 4) is 5.75 Å². The summed E-state index contributed by atoms with van der Waals surface area (Å²) in [6.07, 6.45) is 4.47. The van der Waals surface area contributed by atoms with Crippen LogP contribution in [-0.2, 0) is 25.7 Å². The van der Waals surface area contributed by atoms with Gasteiger partial charge in [0.1, 0.15) is 5.75 Å². The van der Waals surface area contributed by atoms with Gasteiger partial charge in [-0.2, -0.15) is 0 Å². The Morgan fingerprint density at radius 1 is 0.812 bits per heavy atom. The molecule has 3 rings (SSSR count). The van der Waals surface area contributed by atoms with Crippen LogP contribution in [0.25, 0.3) is 0 Å². The zero-order chi connectivity index (χ0) is 11.4. The van der Waals surface area contributed by atoms with E-state index in [4.69, 9.17) is 0 Å². The third-order valence-electron chi connectivity index (χ3n) is 4.42. The van der Waals surface area contributed by atoms with Gasteiger partial charge in [0, 0.05) is 0 Å². The predicted octanol–water partition coefficient (Wildman–Crippen LogP) is 3.17. The fraction of sp³-hybridized carbons (Fsp3) is 0.600. The molecule has 0 saturated heterocycles. The maximum atomic E-state index is 10.3. The van der Waals surface area contributed by atoms with Gasteiger partial charge in [0.05, 0.1) is 0 Å². The van der Waals surface area contributed by atoms with Gasteiger partial charge < -0.3 is 5.11 Å². The van der Waals surface area contributed by atoms with Gasteiger partial charge in [-0.1, -0.05) is 13.8 Å². The molecule has 2 aliphatic carbocycles. The van der Waals surface area contributed by atoms with Crippen molar-refractivity contribution < 1.29 is 5.11 Å². The first-order valence-corrected chi connectivity index (χ1v) is 6.43. The summed E-state index contributed by atoms with van der Waals surface area (Å²) in [6, 6.07) is 0. The van der Waals surface area contributed by atoms with E-state index in [0.717, 1.165) is 31.6 Å². The van der Waals surface area contributed by atoms with E-state index in [1.54, 1.807) is 0 Å². The second-order valence-corrected chi connectivity index (χ2v) is 5.91. The minimum Gasteiger partial charge on any atom is -0.507 e. The number of aromatic hydroxyl groups is 1. The van der Waals surface area contributed by atoms with Crippen molar-refractivity contribution in [3.05, 3.63) is 27.8 Å². The average molecular weight is 216 g/mol. The number of phenols is 1. The molecule has 0 aromatic heterocycles. The van der Waals surface area contributed by atoms with Crippen LogP contribution in [0.1, 0.15) is 41.7 Å². The maximum Gasteiger partial charge on any atom is 0.122 e. The first-order chi connectivity index (χ1) is 7.58. The summed E-state index contributed by atoms with van der Waals surface area (Å²) >= 11 is 0. The van der Waals surface area contributed by atoms with Gasteiger partial charge in [-0.3, -0.25) is 0 Å². The molecule has 1 nitrogen and oxygen atoms in total. The Hall–Kier alpha value is -0.980. The van der Waals surface area contributed by atoms with Gasteiger partial charge in [0.15, 0.2) is 0 Å². The monoisotopic (exact) mass is 216 g/mol. The van der Waals surface area contributed by atoms with E-state index in [1.165, 1.54) is 27.8 Å². The lowest BCUT2D eigenvalue weighted by atomic mass is 9.71. The third-order valence-corrected chi connectivity index (χ3v) is 4.42. The summed E-state index contributed by atoms with van der Waals surface area (Å²) in [5.74, 6) is 2.09. The van der Waals surface area contributed by atoms with Crippen molar-refractivity contribution >= 4 is 0 Å². The van der Waals surface area contributed by atoms with Crippen LogP contribution in [0.2, 0.25) is 0 Å². The van der Waals surface area contributed by atoms with Gasteiger partial charge in [-0.05, 0) is 72.3 Å². The molecule has 0 atom stereocenters. The second-order valence-electron chi connectivity index (χ2n) is 5.91. The van der Waals surface area contributed by atoms with E-state index < -0.39 is 0 Å². The molecular formula is C15H20O. The first-order valence-electron chi connectivity index (χ1n) is 6.43. The molecule has 0 aliphatic heterocycles. The minimum absolute atomic E-state index is 0.639. The summed E-state index contributed by atoms with van der Waals surface area (Å²) in [7, 11) is 0. The summed E-state index contributed by atoms with van der Waals surface area (Å²) in [5, 5.41) is 10.3. The van der Waals surface area contributed by atoms with Gasteiger partial charge in [0.25, 0.3) is 0 Å².